The molecule has 0 saturated heterocycles. The molecule has 0 heterocycles. The number of alkyl halides is 3. The Morgan fingerprint density at radius 1 is 1.32 bits per heavy atom. The molecule has 0 aromatic heterocycles. The Morgan fingerprint density at radius 3 is 2.42 bits per heavy atom. The van der Waals surface area contributed by atoms with E-state index in [1.807, 2.05) is 13.8 Å². The molecule has 1 unspecified atom stereocenters. The Balaban J connectivity index is 3.04. The number of hydrogen-bond acceptors (Lipinski definition) is 1. The van der Waals surface area contributed by atoms with Crippen LogP contribution in [0.4, 0.5) is 13.2 Å². The van der Waals surface area contributed by atoms with Crippen LogP contribution in [-0.4, -0.2) is 11.1 Å². The molecule has 2 nitrogen and oxygen atoms in total. The van der Waals surface area contributed by atoms with Gasteiger partial charge in [0.2, 0.25) is 0 Å². The van der Waals surface area contributed by atoms with Crippen molar-refractivity contribution < 1.29 is 23.1 Å². The minimum atomic E-state index is -4.40. The van der Waals surface area contributed by atoms with E-state index in [1.54, 1.807) is 6.07 Å². The molecule has 0 aliphatic heterocycles. The van der Waals surface area contributed by atoms with Crippen LogP contribution in [0.25, 0.3) is 0 Å². The average Bonchev–Trinajstić information content (AvgIpc) is 2.26. The minimum absolute atomic E-state index is 0.153. The molecule has 19 heavy (non-hydrogen) atoms. The number of carboxylic acid groups (broad SMARTS) is 1. The molecule has 0 saturated carbocycles. The van der Waals surface area contributed by atoms with E-state index in [-0.39, 0.29) is 18.3 Å². The number of aliphatic carboxylic acids is 1. The molecule has 0 fully saturated rings. The van der Waals surface area contributed by atoms with Gasteiger partial charge in [-0.2, -0.15) is 13.2 Å². The van der Waals surface area contributed by atoms with Crippen molar-refractivity contribution in [3.8, 4) is 0 Å². The predicted molar refractivity (Wildman–Crippen MR) is 65.9 cm³/mol. The number of hydrogen-bond donors (Lipinski definition) is 1. The van der Waals surface area contributed by atoms with Crippen molar-refractivity contribution in [1.29, 1.82) is 0 Å². The standard InChI is InChI=1S/C14H17F3O2/c1-9(2)6-11(8-13(18)19)10-4-3-5-12(7-10)14(15,16)17/h3-5,7,9,11H,6,8H2,1-2H3,(H,18,19). The van der Waals surface area contributed by atoms with E-state index in [9.17, 15) is 18.0 Å². The predicted octanol–water partition coefficient (Wildman–Crippen LogP) is 4.31. The van der Waals surface area contributed by atoms with Crippen LogP contribution >= 0.6 is 0 Å². The van der Waals surface area contributed by atoms with Crippen molar-refractivity contribution in [3.05, 3.63) is 35.4 Å². The first-order valence-electron chi connectivity index (χ1n) is 6.09. The summed E-state index contributed by atoms with van der Waals surface area (Å²) in [5.41, 5.74) is -0.296. The summed E-state index contributed by atoms with van der Waals surface area (Å²) in [7, 11) is 0. The van der Waals surface area contributed by atoms with Crippen molar-refractivity contribution in [2.24, 2.45) is 5.92 Å². The van der Waals surface area contributed by atoms with Gasteiger partial charge < -0.3 is 5.11 Å². The Morgan fingerprint density at radius 2 is 1.95 bits per heavy atom. The fraction of sp³-hybridized carbons (Fsp3) is 0.500. The summed E-state index contributed by atoms with van der Waals surface area (Å²) >= 11 is 0. The maximum absolute atomic E-state index is 12.6. The van der Waals surface area contributed by atoms with Crippen LogP contribution in [-0.2, 0) is 11.0 Å². The number of rotatable bonds is 5. The van der Waals surface area contributed by atoms with E-state index in [4.69, 9.17) is 5.11 Å². The molecule has 1 atom stereocenters. The van der Waals surface area contributed by atoms with Gasteiger partial charge in [-0.3, -0.25) is 4.79 Å². The lowest BCUT2D eigenvalue weighted by Gasteiger charge is -2.19. The van der Waals surface area contributed by atoms with Crippen LogP contribution in [0.3, 0.4) is 0 Å². The highest BCUT2D eigenvalue weighted by Gasteiger charge is 2.31. The van der Waals surface area contributed by atoms with Crippen LogP contribution in [0, 0.1) is 5.92 Å². The normalized spacial score (nSPS) is 13.6. The van der Waals surface area contributed by atoms with Crippen molar-refractivity contribution in [1.82, 2.24) is 0 Å². The van der Waals surface area contributed by atoms with Gasteiger partial charge in [0.15, 0.2) is 0 Å². The lowest BCUT2D eigenvalue weighted by Crippen LogP contribution is -2.11. The van der Waals surface area contributed by atoms with Gasteiger partial charge in [0.25, 0.3) is 0 Å². The molecule has 0 aliphatic rings. The second-order valence-electron chi connectivity index (χ2n) is 5.05. The van der Waals surface area contributed by atoms with Gasteiger partial charge in [-0.05, 0) is 29.9 Å². The summed E-state index contributed by atoms with van der Waals surface area (Å²) in [4.78, 5) is 10.8. The van der Waals surface area contributed by atoms with Gasteiger partial charge in [0.05, 0.1) is 12.0 Å². The van der Waals surface area contributed by atoms with Crippen LogP contribution in [0.15, 0.2) is 24.3 Å². The third-order valence-corrected chi connectivity index (χ3v) is 2.86. The maximum atomic E-state index is 12.6. The van der Waals surface area contributed by atoms with Crippen molar-refractivity contribution >= 4 is 5.97 Å². The van der Waals surface area contributed by atoms with Gasteiger partial charge in [-0.15, -0.1) is 0 Å². The largest absolute Gasteiger partial charge is 0.481 e. The molecular formula is C14H17F3O2. The molecule has 0 amide bonds. The van der Waals surface area contributed by atoms with Gasteiger partial charge >= 0.3 is 12.1 Å². The summed E-state index contributed by atoms with van der Waals surface area (Å²) in [5.74, 6) is -1.17. The number of carboxylic acids is 1. The summed E-state index contributed by atoms with van der Waals surface area (Å²) < 4.78 is 37.9. The molecule has 0 spiro atoms. The monoisotopic (exact) mass is 274 g/mol. The Hall–Kier alpha value is -1.52. The van der Waals surface area contributed by atoms with Crippen LogP contribution in [0.5, 0.6) is 0 Å². The van der Waals surface area contributed by atoms with Gasteiger partial charge in [-0.25, -0.2) is 0 Å². The van der Waals surface area contributed by atoms with Crippen molar-refractivity contribution in [2.45, 2.75) is 38.8 Å². The molecule has 1 N–H and O–H groups in total. The van der Waals surface area contributed by atoms with E-state index < -0.39 is 17.7 Å². The zero-order chi connectivity index (χ0) is 14.6. The van der Waals surface area contributed by atoms with Crippen LogP contribution in [0.2, 0.25) is 0 Å². The molecule has 1 aromatic rings. The average molecular weight is 274 g/mol. The molecule has 5 heteroatoms. The third kappa shape index (κ3) is 4.93. The first-order valence-corrected chi connectivity index (χ1v) is 6.09. The first kappa shape index (κ1) is 15.5. The van der Waals surface area contributed by atoms with E-state index in [2.05, 4.69) is 0 Å². The zero-order valence-corrected chi connectivity index (χ0v) is 10.9. The second-order valence-corrected chi connectivity index (χ2v) is 5.05. The summed E-state index contributed by atoms with van der Waals surface area (Å²) in [6, 6.07) is 4.94. The summed E-state index contributed by atoms with van der Waals surface area (Å²) in [6.45, 7) is 3.84. The smallest absolute Gasteiger partial charge is 0.416 e. The highest BCUT2D eigenvalue weighted by molar-refractivity contribution is 5.68. The van der Waals surface area contributed by atoms with Crippen LogP contribution in [0.1, 0.15) is 43.7 Å². The fourth-order valence-corrected chi connectivity index (χ4v) is 2.09. The van der Waals surface area contributed by atoms with Crippen molar-refractivity contribution in [2.75, 3.05) is 0 Å². The Kier molecular flexibility index (Phi) is 4.97. The summed E-state index contributed by atoms with van der Waals surface area (Å²) in [5, 5.41) is 8.87. The lowest BCUT2D eigenvalue weighted by molar-refractivity contribution is -0.138. The van der Waals surface area contributed by atoms with Gasteiger partial charge in [0.1, 0.15) is 0 Å². The molecule has 106 valence electrons. The first-order chi connectivity index (χ1) is 8.70. The quantitative estimate of drug-likeness (QED) is 0.868. The minimum Gasteiger partial charge on any atom is -0.481 e. The molecule has 1 rings (SSSR count). The van der Waals surface area contributed by atoms with Crippen molar-refractivity contribution in [3.63, 3.8) is 0 Å². The van der Waals surface area contributed by atoms with Gasteiger partial charge in [0, 0.05) is 0 Å². The maximum Gasteiger partial charge on any atom is 0.416 e. The van der Waals surface area contributed by atoms with E-state index in [0.29, 0.717) is 12.0 Å². The molecule has 1 aromatic carbocycles. The van der Waals surface area contributed by atoms with Crippen LogP contribution < -0.4 is 0 Å². The molecule has 0 aliphatic carbocycles. The topological polar surface area (TPSA) is 37.3 Å². The highest BCUT2D eigenvalue weighted by Crippen LogP contribution is 2.33. The fourth-order valence-electron chi connectivity index (χ4n) is 2.09. The third-order valence-electron chi connectivity index (χ3n) is 2.86. The second kappa shape index (κ2) is 6.08. The van der Waals surface area contributed by atoms with Gasteiger partial charge in [-0.1, -0.05) is 32.0 Å². The number of carbonyl (C=O) groups is 1. The molecular weight excluding hydrogens is 257 g/mol. The Labute approximate surface area is 110 Å². The van der Waals surface area contributed by atoms with E-state index >= 15 is 0 Å². The summed E-state index contributed by atoms with van der Waals surface area (Å²) in [6.07, 6.45) is -4.01. The van der Waals surface area contributed by atoms with E-state index in [1.165, 1.54) is 6.07 Å². The zero-order valence-electron chi connectivity index (χ0n) is 10.9. The molecule has 0 bridgehead atoms. The Bertz CT molecular complexity index is 439. The van der Waals surface area contributed by atoms with E-state index in [0.717, 1.165) is 12.1 Å². The lowest BCUT2D eigenvalue weighted by atomic mass is 9.87. The highest BCUT2D eigenvalue weighted by atomic mass is 19.4. The SMILES string of the molecule is CC(C)CC(CC(=O)O)c1cccc(C(F)(F)F)c1. The number of benzene rings is 1. The molecule has 0 radical (unpaired) electrons. The number of halogens is 3.